The third-order valence-corrected chi connectivity index (χ3v) is 4.50. The number of H-pyrrole nitrogens is 1. The van der Waals surface area contributed by atoms with Crippen molar-refractivity contribution in [3.63, 3.8) is 0 Å². The van der Waals surface area contributed by atoms with Crippen molar-refractivity contribution in [1.29, 1.82) is 0 Å². The van der Waals surface area contributed by atoms with E-state index in [1.54, 1.807) is 25.4 Å². The molecule has 0 atom stereocenters. The maximum absolute atomic E-state index is 12.7. The van der Waals surface area contributed by atoms with Gasteiger partial charge in [-0.3, -0.25) is 4.79 Å². The molecule has 0 radical (unpaired) electrons. The number of nitrogens with one attached hydrogen (secondary N) is 1. The van der Waals surface area contributed by atoms with E-state index in [0.717, 1.165) is 28.4 Å². The normalized spacial score (nSPS) is 12.0. The molecule has 0 fully saturated rings. The minimum Gasteiger partial charge on any atom is -0.488 e. The third-order valence-electron chi connectivity index (χ3n) is 4.50. The van der Waals surface area contributed by atoms with Gasteiger partial charge in [-0.05, 0) is 35.9 Å². The van der Waals surface area contributed by atoms with Crippen LogP contribution in [0, 0.1) is 0 Å². The average molecular weight is 372 g/mol. The van der Waals surface area contributed by atoms with E-state index in [0.29, 0.717) is 16.8 Å². The lowest BCUT2D eigenvalue weighted by Crippen LogP contribution is -2.15. The molecule has 2 heterocycles. The van der Waals surface area contributed by atoms with Crippen molar-refractivity contribution in [2.45, 2.75) is 12.8 Å². The lowest BCUT2D eigenvalue weighted by molar-refractivity contribution is -0.137. The van der Waals surface area contributed by atoms with Crippen molar-refractivity contribution in [3.05, 3.63) is 76.2 Å². The number of hydrogen-bond donors (Lipinski definition) is 1. The standard InChI is InChI=1S/C20H15F3N2O2/c1-25-10-9-14-17-15(24-18(14)19(25)26)3-2-4-16(17)27-11-12-5-7-13(8-6-12)20(21,22)23/h2-10,24H,11H2,1H3. The first-order valence-corrected chi connectivity index (χ1v) is 8.23. The van der Waals surface area contributed by atoms with Gasteiger partial charge in [0, 0.05) is 24.0 Å². The summed E-state index contributed by atoms with van der Waals surface area (Å²) in [4.78, 5) is 15.4. The minimum absolute atomic E-state index is 0.120. The molecule has 138 valence electrons. The molecule has 2 aromatic carbocycles. The van der Waals surface area contributed by atoms with Gasteiger partial charge in [-0.25, -0.2) is 0 Å². The quantitative estimate of drug-likeness (QED) is 0.571. The van der Waals surface area contributed by atoms with E-state index in [1.807, 2.05) is 12.1 Å². The highest BCUT2D eigenvalue weighted by Crippen LogP contribution is 2.33. The van der Waals surface area contributed by atoms with Crippen LogP contribution in [0.3, 0.4) is 0 Å². The molecule has 0 unspecified atom stereocenters. The number of fused-ring (bicyclic) bond motifs is 3. The van der Waals surface area contributed by atoms with Gasteiger partial charge in [0.05, 0.1) is 11.1 Å². The average Bonchev–Trinajstić information content (AvgIpc) is 3.03. The Morgan fingerprint density at radius 2 is 1.81 bits per heavy atom. The Hall–Kier alpha value is -3.22. The second-order valence-corrected chi connectivity index (χ2v) is 6.31. The van der Waals surface area contributed by atoms with Crippen LogP contribution in [0.5, 0.6) is 5.75 Å². The van der Waals surface area contributed by atoms with E-state index < -0.39 is 11.7 Å². The van der Waals surface area contributed by atoms with Crippen LogP contribution in [0.1, 0.15) is 11.1 Å². The summed E-state index contributed by atoms with van der Waals surface area (Å²) in [7, 11) is 1.68. The second kappa shape index (κ2) is 6.19. The highest BCUT2D eigenvalue weighted by molar-refractivity contribution is 6.10. The zero-order chi connectivity index (χ0) is 19.2. The van der Waals surface area contributed by atoms with Crippen LogP contribution in [-0.2, 0) is 19.8 Å². The van der Waals surface area contributed by atoms with Gasteiger partial charge >= 0.3 is 6.18 Å². The molecule has 0 amide bonds. The Morgan fingerprint density at radius 1 is 1.07 bits per heavy atom. The van der Waals surface area contributed by atoms with E-state index >= 15 is 0 Å². The van der Waals surface area contributed by atoms with Crippen molar-refractivity contribution in [3.8, 4) is 5.75 Å². The van der Waals surface area contributed by atoms with Crippen molar-refractivity contribution in [1.82, 2.24) is 9.55 Å². The third kappa shape index (κ3) is 3.05. The summed E-state index contributed by atoms with van der Waals surface area (Å²) in [6.45, 7) is 0.120. The smallest absolute Gasteiger partial charge is 0.416 e. The first-order chi connectivity index (χ1) is 12.8. The van der Waals surface area contributed by atoms with Gasteiger partial charge < -0.3 is 14.3 Å². The highest BCUT2D eigenvalue weighted by Gasteiger charge is 2.29. The van der Waals surface area contributed by atoms with Crippen LogP contribution in [0.4, 0.5) is 13.2 Å². The predicted molar refractivity (Wildman–Crippen MR) is 96.8 cm³/mol. The molecule has 27 heavy (non-hydrogen) atoms. The van der Waals surface area contributed by atoms with Gasteiger partial charge in [0.25, 0.3) is 5.56 Å². The molecule has 4 aromatic rings. The molecule has 0 saturated carbocycles. The molecule has 0 aliphatic rings. The van der Waals surface area contributed by atoms with Crippen molar-refractivity contribution < 1.29 is 17.9 Å². The Balaban J connectivity index is 1.68. The molecule has 4 nitrogen and oxygen atoms in total. The fourth-order valence-corrected chi connectivity index (χ4v) is 3.08. The van der Waals surface area contributed by atoms with Gasteiger partial charge in [-0.2, -0.15) is 13.2 Å². The molecule has 4 rings (SSSR count). The van der Waals surface area contributed by atoms with Gasteiger partial charge in [0.15, 0.2) is 0 Å². The molecular formula is C20H15F3N2O2. The number of pyridine rings is 1. The van der Waals surface area contributed by atoms with Gasteiger partial charge in [-0.15, -0.1) is 0 Å². The number of nitrogens with zero attached hydrogens (tertiary/aromatic N) is 1. The summed E-state index contributed by atoms with van der Waals surface area (Å²) < 4.78 is 45.3. The van der Waals surface area contributed by atoms with Crippen LogP contribution in [0.25, 0.3) is 21.8 Å². The molecule has 2 aromatic heterocycles. The number of aromatic nitrogens is 2. The highest BCUT2D eigenvalue weighted by atomic mass is 19.4. The number of alkyl halides is 3. The van der Waals surface area contributed by atoms with Gasteiger partial charge in [0.1, 0.15) is 17.9 Å². The number of benzene rings is 2. The predicted octanol–water partition coefficient (Wildman–Crippen LogP) is 4.62. The molecule has 1 N–H and O–H groups in total. The maximum Gasteiger partial charge on any atom is 0.416 e. The lowest BCUT2D eigenvalue weighted by Gasteiger charge is -2.10. The van der Waals surface area contributed by atoms with Crippen LogP contribution in [-0.4, -0.2) is 9.55 Å². The first kappa shape index (κ1) is 17.2. The molecule has 7 heteroatoms. The number of rotatable bonds is 3. The Morgan fingerprint density at radius 3 is 2.52 bits per heavy atom. The number of halogens is 3. The summed E-state index contributed by atoms with van der Waals surface area (Å²) in [5, 5.41) is 1.52. The van der Waals surface area contributed by atoms with Crippen LogP contribution in [0.2, 0.25) is 0 Å². The second-order valence-electron chi connectivity index (χ2n) is 6.31. The minimum atomic E-state index is -4.36. The monoisotopic (exact) mass is 372 g/mol. The molecule has 0 aliphatic carbocycles. The van der Waals surface area contributed by atoms with E-state index in [1.165, 1.54) is 16.7 Å². The molecular weight excluding hydrogens is 357 g/mol. The number of ether oxygens (including phenoxy) is 1. The largest absolute Gasteiger partial charge is 0.488 e. The summed E-state index contributed by atoms with van der Waals surface area (Å²) in [5.41, 5.74) is 1.03. The van der Waals surface area contributed by atoms with Gasteiger partial charge in [0.2, 0.25) is 0 Å². The Kier molecular flexibility index (Phi) is 3.95. The summed E-state index contributed by atoms with van der Waals surface area (Å²) in [6.07, 6.45) is -2.67. The summed E-state index contributed by atoms with van der Waals surface area (Å²) in [6, 6.07) is 12.1. The topological polar surface area (TPSA) is 47.0 Å². The molecule has 0 saturated heterocycles. The van der Waals surface area contributed by atoms with E-state index in [-0.39, 0.29) is 12.2 Å². The molecule has 0 spiro atoms. The lowest BCUT2D eigenvalue weighted by atomic mass is 10.1. The van der Waals surface area contributed by atoms with Crippen LogP contribution < -0.4 is 10.3 Å². The molecule has 0 bridgehead atoms. The SMILES string of the molecule is Cn1ccc2c([nH]c3cccc(OCc4ccc(C(F)(F)F)cc4)c32)c1=O. The fourth-order valence-electron chi connectivity index (χ4n) is 3.08. The number of aromatic amines is 1. The number of aryl methyl sites for hydroxylation is 1. The summed E-state index contributed by atoms with van der Waals surface area (Å²) in [5.74, 6) is 0.562. The zero-order valence-electron chi connectivity index (χ0n) is 14.3. The van der Waals surface area contributed by atoms with Crippen molar-refractivity contribution >= 4 is 21.8 Å². The number of hydrogen-bond acceptors (Lipinski definition) is 2. The van der Waals surface area contributed by atoms with E-state index in [9.17, 15) is 18.0 Å². The maximum atomic E-state index is 12.7. The van der Waals surface area contributed by atoms with Gasteiger partial charge in [-0.1, -0.05) is 18.2 Å². The Bertz CT molecular complexity index is 1190. The fraction of sp³-hybridized carbons (Fsp3) is 0.150. The van der Waals surface area contributed by atoms with Crippen molar-refractivity contribution in [2.75, 3.05) is 0 Å². The first-order valence-electron chi connectivity index (χ1n) is 8.23. The van der Waals surface area contributed by atoms with E-state index in [4.69, 9.17) is 4.74 Å². The van der Waals surface area contributed by atoms with E-state index in [2.05, 4.69) is 4.98 Å². The van der Waals surface area contributed by atoms with Crippen LogP contribution in [0.15, 0.2) is 59.5 Å². The Labute approximate surface area is 151 Å². The van der Waals surface area contributed by atoms with Crippen molar-refractivity contribution in [2.24, 2.45) is 7.05 Å². The zero-order valence-corrected chi connectivity index (χ0v) is 14.3. The van der Waals surface area contributed by atoms with Crippen LogP contribution >= 0.6 is 0 Å². The molecule has 0 aliphatic heterocycles. The summed E-state index contributed by atoms with van der Waals surface area (Å²) >= 11 is 0.